The van der Waals surface area contributed by atoms with Gasteiger partial charge >= 0.3 is 12.2 Å². The van der Waals surface area contributed by atoms with Crippen molar-refractivity contribution in [1.29, 1.82) is 0 Å². The molecule has 4 rings (SSSR count). The van der Waals surface area contributed by atoms with Crippen molar-refractivity contribution in [2.45, 2.75) is 25.1 Å². The number of thiophene rings is 1. The SMILES string of the molecule is O=C(Nc1ccc(-n2cncn2)cc1C(F)(F)F)N1CCC[C@@H]1c1ccsc1. The molecule has 0 aliphatic carbocycles. The molecule has 3 heterocycles. The predicted octanol–water partition coefficient (Wildman–Crippen LogP) is 4.72. The third kappa shape index (κ3) is 3.59. The van der Waals surface area contributed by atoms with E-state index in [1.807, 2.05) is 16.8 Å². The summed E-state index contributed by atoms with van der Waals surface area (Å²) in [5.74, 6) is 0. The van der Waals surface area contributed by atoms with Gasteiger partial charge in [-0.3, -0.25) is 0 Å². The summed E-state index contributed by atoms with van der Waals surface area (Å²) in [4.78, 5) is 18.1. The molecule has 6 nitrogen and oxygen atoms in total. The lowest BCUT2D eigenvalue weighted by Crippen LogP contribution is -2.34. The van der Waals surface area contributed by atoms with Crippen LogP contribution in [0.1, 0.15) is 30.0 Å². The van der Waals surface area contributed by atoms with Gasteiger partial charge in [-0.25, -0.2) is 14.5 Å². The highest BCUT2D eigenvalue weighted by Gasteiger charge is 2.36. The largest absolute Gasteiger partial charge is 0.418 e. The molecular formula is C18H16F3N5OS. The van der Waals surface area contributed by atoms with E-state index >= 15 is 0 Å². The van der Waals surface area contributed by atoms with Crippen molar-refractivity contribution in [3.63, 3.8) is 0 Å². The van der Waals surface area contributed by atoms with Gasteiger partial charge in [0.1, 0.15) is 12.7 Å². The maximum atomic E-state index is 13.6. The summed E-state index contributed by atoms with van der Waals surface area (Å²) in [6, 6.07) is 4.94. The Morgan fingerprint density at radius 2 is 2.14 bits per heavy atom. The van der Waals surface area contributed by atoms with Gasteiger partial charge in [0.05, 0.1) is 23.0 Å². The van der Waals surface area contributed by atoms with Gasteiger partial charge in [0.25, 0.3) is 0 Å². The fraction of sp³-hybridized carbons (Fsp3) is 0.278. The highest BCUT2D eigenvalue weighted by molar-refractivity contribution is 7.08. The van der Waals surface area contributed by atoms with Gasteiger partial charge < -0.3 is 10.2 Å². The Kier molecular flexibility index (Phi) is 4.80. The molecule has 1 aromatic carbocycles. The number of nitrogens with zero attached hydrogens (tertiary/aromatic N) is 4. The topological polar surface area (TPSA) is 63.1 Å². The molecule has 1 N–H and O–H groups in total. The second-order valence-electron chi connectivity index (χ2n) is 6.41. The first-order valence-electron chi connectivity index (χ1n) is 8.59. The molecule has 1 aliphatic rings. The van der Waals surface area contributed by atoms with E-state index in [1.165, 1.54) is 40.8 Å². The summed E-state index contributed by atoms with van der Waals surface area (Å²) in [6.45, 7) is 0.505. The molecule has 28 heavy (non-hydrogen) atoms. The van der Waals surface area contributed by atoms with Gasteiger partial charge in [0.15, 0.2) is 0 Å². The molecular weight excluding hydrogens is 391 g/mol. The van der Waals surface area contributed by atoms with Gasteiger partial charge in [-0.2, -0.15) is 29.6 Å². The van der Waals surface area contributed by atoms with E-state index in [1.54, 1.807) is 4.90 Å². The Morgan fingerprint density at radius 1 is 1.29 bits per heavy atom. The lowest BCUT2D eigenvalue weighted by molar-refractivity contribution is -0.136. The minimum Gasteiger partial charge on any atom is -0.317 e. The Balaban J connectivity index is 1.61. The van der Waals surface area contributed by atoms with Crippen molar-refractivity contribution in [3.8, 4) is 5.69 Å². The number of rotatable bonds is 3. The molecule has 2 aromatic heterocycles. The van der Waals surface area contributed by atoms with Crippen molar-refractivity contribution < 1.29 is 18.0 Å². The maximum Gasteiger partial charge on any atom is 0.418 e. The lowest BCUT2D eigenvalue weighted by Gasteiger charge is -2.25. The number of likely N-dealkylation sites (tertiary alicyclic amines) is 1. The van der Waals surface area contributed by atoms with Crippen LogP contribution in [0.3, 0.4) is 0 Å². The van der Waals surface area contributed by atoms with Gasteiger partial charge in [-0.05, 0) is 53.4 Å². The van der Waals surface area contributed by atoms with Gasteiger partial charge in [-0.15, -0.1) is 0 Å². The first kappa shape index (κ1) is 18.5. The molecule has 1 fully saturated rings. The predicted molar refractivity (Wildman–Crippen MR) is 98.4 cm³/mol. The first-order chi connectivity index (χ1) is 13.4. The second-order valence-corrected chi connectivity index (χ2v) is 7.19. The lowest BCUT2D eigenvalue weighted by atomic mass is 10.1. The summed E-state index contributed by atoms with van der Waals surface area (Å²) in [6.07, 6.45) is -0.478. The smallest absolute Gasteiger partial charge is 0.317 e. The number of alkyl halides is 3. The van der Waals surface area contributed by atoms with E-state index in [0.717, 1.165) is 24.5 Å². The zero-order valence-corrected chi connectivity index (χ0v) is 15.4. The monoisotopic (exact) mass is 407 g/mol. The summed E-state index contributed by atoms with van der Waals surface area (Å²) in [7, 11) is 0. The zero-order chi connectivity index (χ0) is 19.7. The highest BCUT2D eigenvalue weighted by Crippen LogP contribution is 2.38. The molecule has 146 valence electrons. The Bertz CT molecular complexity index is 956. The number of carbonyl (C=O) groups excluding carboxylic acids is 1. The Labute approximate surface area is 162 Å². The van der Waals surface area contributed by atoms with E-state index in [-0.39, 0.29) is 17.4 Å². The molecule has 0 radical (unpaired) electrons. The fourth-order valence-electron chi connectivity index (χ4n) is 3.37. The summed E-state index contributed by atoms with van der Waals surface area (Å²) < 4.78 is 42.0. The van der Waals surface area contributed by atoms with Crippen LogP contribution >= 0.6 is 11.3 Å². The Morgan fingerprint density at radius 3 is 2.82 bits per heavy atom. The molecule has 0 spiro atoms. The number of halogens is 3. The van der Waals surface area contributed by atoms with E-state index in [9.17, 15) is 18.0 Å². The van der Waals surface area contributed by atoms with Gasteiger partial charge in [0, 0.05) is 6.54 Å². The van der Waals surface area contributed by atoms with Crippen LogP contribution in [0, 0.1) is 0 Å². The van der Waals surface area contributed by atoms with E-state index < -0.39 is 17.8 Å². The number of aromatic nitrogens is 3. The van der Waals surface area contributed by atoms with Crippen molar-refractivity contribution in [2.75, 3.05) is 11.9 Å². The van der Waals surface area contributed by atoms with Crippen LogP contribution in [0.25, 0.3) is 5.69 Å². The standard InChI is InChI=1S/C18H16F3N5OS/c19-18(20,21)14-8-13(26-11-22-10-23-26)3-4-15(14)24-17(27)25-6-1-2-16(25)12-5-7-28-9-12/h3-5,7-11,16H,1-2,6H2,(H,24,27)/t16-/m1/s1. The van der Waals surface area contributed by atoms with Gasteiger partial charge in [0.2, 0.25) is 0 Å². The molecule has 1 atom stereocenters. The number of carbonyl (C=O) groups is 1. The third-order valence-corrected chi connectivity index (χ3v) is 5.38. The van der Waals surface area contributed by atoms with Crippen molar-refractivity contribution in [3.05, 3.63) is 58.8 Å². The zero-order valence-electron chi connectivity index (χ0n) is 14.6. The van der Waals surface area contributed by atoms with Crippen molar-refractivity contribution in [1.82, 2.24) is 19.7 Å². The second kappa shape index (κ2) is 7.27. The molecule has 1 saturated heterocycles. The van der Waals surface area contributed by atoms with Crippen LogP contribution in [-0.2, 0) is 6.18 Å². The number of benzene rings is 1. The summed E-state index contributed by atoms with van der Waals surface area (Å²) >= 11 is 1.53. The van der Waals surface area contributed by atoms with E-state index in [0.29, 0.717) is 6.54 Å². The molecule has 10 heteroatoms. The van der Waals surface area contributed by atoms with Crippen LogP contribution in [0.4, 0.5) is 23.7 Å². The summed E-state index contributed by atoms with van der Waals surface area (Å²) in [5, 5.41) is 10.2. The summed E-state index contributed by atoms with van der Waals surface area (Å²) in [5.41, 5.74) is 0.00725. The number of amides is 2. The third-order valence-electron chi connectivity index (χ3n) is 4.68. The molecule has 1 aliphatic heterocycles. The first-order valence-corrected chi connectivity index (χ1v) is 9.54. The van der Waals surface area contributed by atoms with Crippen LogP contribution in [-0.4, -0.2) is 32.2 Å². The molecule has 3 aromatic rings. The van der Waals surface area contributed by atoms with Gasteiger partial charge in [-0.1, -0.05) is 0 Å². The number of hydrogen-bond acceptors (Lipinski definition) is 4. The fourth-order valence-corrected chi connectivity index (χ4v) is 4.07. The molecule has 0 bridgehead atoms. The Hall–Kier alpha value is -2.88. The van der Waals surface area contributed by atoms with E-state index in [4.69, 9.17) is 0 Å². The van der Waals surface area contributed by atoms with Crippen LogP contribution in [0.5, 0.6) is 0 Å². The number of anilines is 1. The number of nitrogens with one attached hydrogen (secondary N) is 1. The van der Waals surface area contributed by atoms with Crippen LogP contribution < -0.4 is 5.32 Å². The van der Waals surface area contributed by atoms with Crippen molar-refractivity contribution in [2.24, 2.45) is 0 Å². The minimum absolute atomic E-state index is 0.116. The molecule has 2 amide bonds. The van der Waals surface area contributed by atoms with Crippen LogP contribution in [0.2, 0.25) is 0 Å². The van der Waals surface area contributed by atoms with Crippen LogP contribution in [0.15, 0.2) is 47.7 Å². The number of hydrogen-bond donors (Lipinski definition) is 1. The average Bonchev–Trinajstić information content (AvgIpc) is 3.42. The molecule has 0 unspecified atom stereocenters. The minimum atomic E-state index is -4.63. The quantitative estimate of drug-likeness (QED) is 0.684. The van der Waals surface area contributed by atoms with Crippen molar-refractivity contribution >= 4 is 23.1 Å². The maximum absolute atomic E-state index is 13.6. The number of urea groups is 1. The normalized spacial score (nSPS) is 17.1. The molecule has 0 saturated carbocycles. The highest BCUT2D eigenvalue weighted by atomic mass is 32.1. The average molecular weight is 407 g/mol. The van der Waals surface area contributed by atoms with E-state index in [2.05, 4.69) is 15.4 Å².